The first-order valence-electron chi connectivity index (χ1n) is 8.86. The lowest BCUT2D eigenvalue weighted by atomic mass is 10.2. The fraction of sp³-hybridized carbons (Fsp3) is 0.100. The Labute approximate surface area is 177 Å². The molecule has 0 aliphatic rings. The summed E-state index contributed by atoms with van der Waals surface area (Å²) in [7, 11) is -3.30. The van der Waals surface area contributed by atoms with Gasteiger partial charge in [-0.15, -0.1) is 11.3 Å². The number of aromatic nitrogens is 4. The Bertz CT molecular complexity index is 1320. The number of rotatable bonds is 5. The van der Waals surface area contributed by atoms with Crippen LogP contribution in [0.4, 0.5) is 5.13 Å². The molecule has 0 saturated heterocycles. The second-order valence-corrected chi connectivity index (χ2v) is 9.43. The molecule has 0 fully saturated rings. The number of carbonyl (C=O) groups excluding carboxylic acids is 1. The third kappa shape index (κ3) is 4.00. The fourth-order valence-corrected chi connectivity index (χ4v) is 4.19. The maximum absolute atomic E-state index is 12.8. The number of hydrogen-bond donors (Lipinski definition) is 1. The zero-order valence-corrected chi connectivity index (χ0v) is 17.7. The molecule has 4 aromatic rings. The molecular weight excluding hydrogens is 422 g/mol. The number of thiazole rings is 1. The van der Waals surface area contributed by atoms with Gasteiger partial charge in [0.2, 0.25) is 0 Å². The molecule has 0 aliphatic heterocycles. The van der Waals surface area contributed by atoms with Crippen molar-refractivity contribution >= 4 is 32.2 Å². The Kier molecular flexibility index (Phi) is 5.18. The summed E-state index contributed by atoms with van der Waals surface area (Å²) in [5.41, 5.74) is 3.33. The highest BCUT2D eigenvalue weighted by atomic mass is 32.2. The zero-order valence-electron chi connectivity index (χ0n) is 16.1. The zero-order chi connectivity index (χ0) is 21.3. The van der Waals surface area contributed by atoms with Gasteiger partial charge in [-0.3, -0.25) is 15.1 Å². The number of hydrogen-bond acceptors (Lipinski definition) is 7. The van der Waals surface area contributed by atoms with Crippen molar-refractivity contribution in [3.05, 3.63) is 71.5 Å². The highest BCUT2D eigenvalue weighted by Crippen LogP contribution is 2.26. The lowest BCUT2D eigenvalue weighted by Crippen LogP contribution is -2.17. The molecule has 0 atom stereocenters. The van der Waals surface area contributed by atoms with Gasteiger partial charge in [-0.05, 0) is 48.9 Å². The van der Waals surface area contributed by atoms with E-state index < -0.39 is 9.84 Å². The van der Waals surface area contributed by atoms with E-state index in [9.17, 15) is 13.2 Å². The van der Waals surface area contributed by atoms with Gasteiger partial charge in [0.05, 0.1) is 22.5 Å². The van der Waals surface area contributed by atoms with Crippen LogP contribution in [0.25, 0.3) is 17.1 Å². The standard InChI is InChI=1S/C20H17N5O3S2/c1-13-4-3-10-21-18(13)16-12-29-20(23-16)24-19(26)17-9-11-22-25(17)14-5-7-15(8-6-14)30(2,27)28/h3-12H,1-2H3,(H,23,24,26). The number of anilines is 1. The first-order valence-corrected chi connectivity index (χ1v) is 11.6. The molecule has 0 spiro atoms. The minimum Gasteiger partial charge on any atom is -0.296 e. The number of amides is 1. The number of aryl methyl sites for hydroxylation is 1. The smallest absolute Gasteiger partial charge is 0.276 e. The molecule has 1 aromatic carbocycles. The number of sulfone groups is 1. The highest BCUT2D eigenvalue weighted by Gasteiger charge is 2.17. The molecule has 3 aromatic heterocycles. The summed E-state index contributed by atoms with van der Waals surface area (Å²) in [4.78, 5) is 21.8. The van der Waals surface area contributed by atoms with E-state index in [0.29, 0.717) is 22.2 Å². The van der Waals surface area contributed by atoms with Crippen LogP contribution in [0.1, 0.15) is 16.1 Å². The third-order valence-corrected chi connectivity index (χ3v) is 6.25. The molecule has 0 unspecified atom stereocenters. The summed E-state index contributed by atoms with van der Waals surface area (Å²) in [6.07, 6.45) is 4.35. The van der Waals surface area contributed by atoms with Crippen LogP contribution in [-0.2, 0) is 9.84 Å². The van der Waals surface area contributed by atoms with Crippen molar-refractivity contribution in [2.45, 2.75) is 11.8 Å². The molecule has 0 radical (unpaired) electrons. The SMILES string of the molecule is Cc1cccnc1-c1csc(NC(=O)c2ccnn2-c2ccc(S(C)(=O)=O)cc2)n1. The number of nitrogens with zero attached hydrogens (tertiary/aromatic N) is 4. The van der Waals surface area contributed by atoms with E-state index in [4.69, 9.17) is 0 Å². The molecule has 0 aliphatic carbocycles. The minimum atomic E-state index is -3.30. The quantitative estimate of drug-likeness (QED) is 0.511. The fourth-order valence-electron chi connectivity index (χ4n) is 2.87. The van der Waals surface area contributed by atoms with Crippen LogP contribution in [0.2, 0.25) is 0 Å². The summed E-state index contributed by atoms with van der Waals surface area (Å²) in [6, 6.07) is 11.6. The van der Waals surface area contributed by atoms with Gasteiger partial charge in [-0.1, -0.05) is 6.07 Å². The molecular formula is C20H17N5O3S2. The summed E-state index contributed by atoms with van der Waals surface area (Å²) < 4.78 is 24.7. The number of nitrogens with one attached hydrogen (secondary N) is 1. The Hall–Kier alpha value is -3.37. The van der Waals surface area contributed by atoms with Gasteiger partial charge < -0.3 is 0 Å². The van der Waals surface area contributed by atoms with E-state index in [1.807, 2.05) is 24.4 Å². The van der Waals surface area contributed by atoms with Crippen LogP contribution < -0.4 is 5.32 Å². The summed E-state index contributed by atoms with van der Waals surface area (Å²) in [5.74, 6) is -0.377. The van der Waals surface area contributed by atoms with Crippen LogP contribution in [0, 0.1) is 6.92 Å². The van der Waals surface area contributed by atoms with E-state index in [-0.39, 0.29) is 10.8 Å². The lowest BCUT2D eigenvalue weighted by Gasteiger charge is -2.08. The van der Waals surface area contributed by atoms with E-state index in [1.165, 1.54) is 34.3 Å². The molecule has 4 rings (SSSR count). The molecule has 30 heavy (non-hydrogen) atoms. The molecule has 0 bridgehead atoms. The van der Waals surface area contributed by atoms with Crippen molar-refractivity contribution in [3.8, 4) is 17.1 Å². The Balaban J connectivity index is 1.56. The Morgan fingerprint density at radius 3 is 2.57 bits per heavy atom. The average Bonchev–Trinajstić information content (AvgIpc) is 3.37. The molecule has 0 saturated carbocycles. The van der Waals surface area contributed by atoms with Gasteiger partial charge >= 0.3 is 0 Å². The van der Waals surface area contributed by atoms with Gasteiger partial charge in [0.25, 0.3) is 5.91 Å². The average molecular weight is 440 g/mol. The summed E-state index contributed by atoms with van der Waals surface area (Å²) in [5, 5.41) is 9.25. The van der Waals surface area contributed by atoms with E-state index in [2.05, 4.69) is 20.4 Å². The number of pyridine rings is 1. The second kappa shape index (κ2) is 7.81. The van der Waals surface area contributed by atoms with Crippen LogP contribution in [0.3, 0.4) is 0 Å². The van der Waals surface area contributed by atoms with Crippen molar-refractivity contribution in [2.75, 3.05) is 11.6 Å². The predicted molar refractivity (Wildman–Crippen MR) is 115 cm³/mol. The van der Waals surface area contributed by atoms with Crippen molar-refractivity contribution in [2.24, 2.45) is 0 Å². The predicted octanol–water partition coefficient (Wildman–Crippen LogP) is 3.36. The molecule has 1 N–H and O–H groups in total. The van der Waals surface area contributed by atoms with E-state index in [1.54, 1.807) is 24.4 Å². The highest BCUT2D eigenvalue weighted by molar-refractivity contribution is 7.90. The first-order chi connectivity index (χ1) is 14.3. The van der Waals surface area contributed by atoms with Crippen molar-refractivity contribution in [3.63, 3.8) is 0 Å². The van der Waals surface area contributed by atoms with Crippen molar-refractivity contribution in [1.82, 2.24) is 19.7 Å². The first kappa shape index (κ1) is 19.9. The minimum absolute atomic E-state index is 0.199. The largest absolute Gasteiger partial charge is 0.296 e. The maximum atomic E-state index is 12.8. The van der Waals surface area contributed by atoms with Crippen LogP contribution >= 0.6 is 11.3 Å². The molecule has 10 heteroatoms. The topological polar surface area (TPSA) is 107 Å². The normalized spacial score (nSPS) is 11.4. The molecule has 8 nitrogen and oxygen atoms in total. The lowest BCUT2D eigenvalue weighted by molar-refractivity contribution is 0.101. The van der Waals surface area contributed by atoms with Gasteiger partial charge in [-0.25, -0.2) is 18.1 Å². The van der Waals surface area contributed by atoms with Gasteiger partial charge in [-0.2, -0.15) is 5.10 Å². The monoisotopic (exact) mass is 439 g/mol. The van der Waals surface area contributed by atoms with Gasteiger partial charge in [0.1, 0.15) is 11.4 Å². The summed E-state index contributed by atoms with van der Waals surface area (Å²) in [6.45, 7) is 1.95. The Morgan fingerprint density at radius 2 is 1.87 bits per heavy atom. The maximum Gasteiger partial charge on any atom is 0.276 e. The van der Waals surface area contributed by atoms with Crippen LogP contribution in [0.15, 0.2) is 65.1 Å². The van der Waals surface area contributed by atoms with Gasteiger partial charge in [0, 0.05) is 17.8 Å². The number of carbonyl (C=O) groups is 1. The molecule has 3 heterocycles. The van der Waals surface area contributed by atoms with Crippen LogP contribution in [0.5, 0.6) is 0 Å². The Morgan fingerprint density at radius 1 is 1.10 bits per heavy atom. The molecule has 1 amide bonds. The molecule has 152 valence electrons. The van der Waals surface area contributed by atoms with E-state index >= 15 is 0 Å². The second-order valence-electron chi connectivity index (χ2n) is 6.56. The third-order valence-electron chi connectivity index (χ3n) is 4.36. The van der Waals surface area contributed by atoms with Gasteiger partial charge in [0.15, 0.2) is 15.0 Å². The van der Waals surface area contributed by atoms with E-state index in [0.717, 1.165) is 17.5 Å². The van der Waals surface area contributed by atoms with Crippen molar-refractivity contribution in [1.29, 1.82) is 0 Å². The number of benzene rings is 1. The van der Waals surface area contributed by atoms with Crippen LogP contribution in [-0.4, -0.2) is 40.3 Å². The summed E-state index contributed by atoms with van der Waals surface area (Å²) >= 11 is 1.31. The van der Waals surface area contributed by atoms with Crippen molar-refractivity contribution < 1.29 is 13.2 Å².